The molecular weight excluding hydrogens is 222 g/mol. The third-order valence-corrected chi connectivity index (χ3v) is 3.58. The van der Waals surface area contributed by atoms with Gasteiger partial charge in [0.25, 0.3) is 0 Å². The maximum Gasteiger partial charge on any atom is 0.499 e. The number of halogens is 1. The summed E-state index contributed by atoms with van der Waals surface area (Å²) in [6.45, 7) is 0. The SMILES string of the molecule is OB(O)c1cc2ccc(O)c(Cl)c2s1. The molecule has 3 N–H and O–H groups in total. The van der Waals surface area contributed by atoms with Crippen molar-refractivity contribution in [2.45, 2.75) is 0 Å². The van der Waals surface area contributed by atoms with E-state index in [0.29, 0.717) is 9.48 Å². The lowest BCUT2D eigenvalue weighted by molar-refractivity contribution is 0.427. The van der Waals surface area contributed by atoms with Crippen molar-refractivity contribution < 1.29 is 15.2 Å². The molecule has 0 saturated heterocycles. The maximum atomic E-state index is 9.31. The normalized spacial score (nSPS) is 10.8. The zero-order valence-electron chi connectivity index (χ0n) is 6.94. The molecule has 2 aromatic rings. The molecule has 0 bridgehead atoms. The largest absolute Gasteiger partial charge is 0.506 e. The summed E-state index contributed by atoms with van der Waals surface area (Å²) in [5, 5.41) is 28.2. The minimum absolute atomic E-state index is 0.00000346. The molecular formula is C8H6BClO3S. The Balaban J connectivity index is 2.71. The Bertz CT molecular complexity index is 483. The Kier molecular flexibility index (Phi) is 2.40. The third kappa shape index (κ3) is 1.48. The highest BCUT2D eigenvalue weighted by atomic mass is 35.5. The van der Waals surface area contributed by atoms with Crippen LogP contribution in [0.15, 0.2) is 18.2 Å². The van der Waals surface area contributed by atoms with Gasteiger partial charge in [0.15, 0.2) is 0 Å². The molecule has 0 aliphatic rings. The van der Waals surface area contributed by atoms with E-state index in [1.54, 1.807) is 12.1 Å². The van der Waals surface area contributed by atoms with Gasteiger partial charge < -0.3 is 15.2 Å². The van der Waals surface area contributed by atoms with E-state index in [2.05, 4.69) is 0 Å². The first-order chi connectivity index (χ1) is 6.59. The molecule has 1 aromatic heterocycles. The lowest BCUT2D eigenvalue weighted by Crippen LogP contribution is -2.26. The van der Waals surface area contributed by atoms with Gasteiger partial charge in [-0.05, 0) is 23.6 Å². The van der Waals surface area contributed by atoms with Crippen LogP contribution in [0.4, 0.5) is 0 Å². The van der Waals surface area contributed by atoms with Crippen LogP contribution in [-0.2, 0) is 0 Å². The van der Waals surface area contributed by atoms with Gasteiger partial charge >= 0.3 is 7.12 Å². The predicted molar refractivity (Wildman–Crippen MR) is 58.3 cm³/mol. The topological polar surface area (TPSA) is 60.7 Å². The van der Waals surface area contributed by atoms with E-state index < -0.39 is 7.12 Å². The summed E-state index contributed by atoms with van der Waals surface area (Å²) in [5.74, 6) is -0.00000346. The summed E-state index contributed by atoms with van der Waals surface area (Å²) in [6.07, 6.45) is 0. The predicted octanol–water partition coefficient (Wildman–Crippen LogP) is 0.940. The van der Waals surface area contributed by atoms with Gasteiger partial charge in [-0.1, -0.05) is 11.6 Å². The van der Waals surface area contributed by atoms with Crippen LogP contribution >= 0.6 is 22.9 Å². The second kappa shape index (κ2) is 3.44. The second-order valence-electron chi connectivity index (χ2n) is 2.84. The first-order valence-electron chi connectivity index (χ1n) is 3.86. The van der Waals surface area contributed by atoms with Gasteiger partial charge in [0.05, 0.1) is 4.70 Å². The minimum Gasteiger partial charge on any atom is -0.506 e. The van der Waals surface area contributed by atoms with Crippen molar-refractivity contribution >= 4 is 44.9 Å². The fourth-order valence-electron chi connectivity index (χ4n) is 1.21. The molecule has 0 spiro atoms. The number of hydrogen-bond acceptors (Lipinski definition) is 4. The molecule has 0 fully saturated rings. The van der Waals surface area contributed by atoms with Crippen molar-refractivity contribution in [2.75, 3.05) is 0 Å². The summed E-state index contributed by atoms with van der Waals surface area (Å²) >= 11 is 7.00. The van der Waals surface area contributed by atoms with Crippen LogP contribution in [0.1, 0.15) is 0 Å². The van der Waals surface area contributed by atoms with Crippen LogP contribution in [0.25, 0.3) is 10.1 Å². The Hall–Kier alpha value is -0.745. The molecule has 0 atom stereocenters. The summed E-state index contributed by atoms with van der Waals surface area (Å²) in [4.78, 5) is 0. The molecule has 0 aliphatic carbocycles. The highest BCUT2D eigenvalue weighted by Crippen LogP contribution is 2.34. The van der Waals surface area contributed by atoms with Gasteiger partial charge in [-0.25, -0.2) is 0 Å². The van der Waals surface area contributed by atoms with Crippen molar-refractivity contribution in [3.8, 4) is 5.75 Å². The van der Waals surface area contributed by atoms with E-state index in [1.807, 2.05) is 0 Å². The Morgan fingerprint density at radius 1 is 1.29 bits per heavy atom. The Morgan fingerprint density at radius 2 is 2.00 bits per heavy atom. The van der Waals surface area contributed by atoms with Crippen LogP contribution < -0.4 is 4.78 Å². The van der Waals surface area contributed by atoms with Crippen LogP contribution in [0.5, 0.6) is 5.75 Å². The number of rotatable bonds is 1. The van der Waals surface area contributed by atoms with E-state index >= 15 is 0 Å². The number of hydrogen-bond donors (Lipinski definition) is 3. The number of thiophene rings is 1. The van der Waals surface area contributed by atoms with Crippen molar-refractivity contribution in [3.05, 3.63) is 23.2 Å². The Labute approximate surface area is 89.3 Å². The first-order valence-corrected chi connectivity index (χ1v) is 5.06. The van der Waals surface area contributed by atoms with Gasteiger partial charge in [-0.15, -0.1) is 11.3 Å². The molecule has 14 heavy (non-hydrogen) atoms. The molecule has 72 valence electrons. The van der Waals surface area contributed by atoms with Crippen LogP contribution in [0, 0.1) is 0 Å². The zero-order chi connectivity index (χ0) is 10.3. The third-order valence-electron chi connectivity index (χ3n) is 1.88. The molecule has 0 saturated carbocycles. The molecule has 1 aromatic carbocycles. The first kappa shape index (κ1) is 9.80. The molecule has 0 amide bonds. The summed E-state index contributed by atoms with van der Waals surface area (Å²) < 4.78 is 1.07. The average molecular weight is 228 g/mol. The van der Waals surface area contributed by atoms with Crippen molar-refractivity contribution in [1.82, 2.24) is 0 Å². The van der Waals surface area contributed by atoms with E-state index in [9.17, 15) is 5.11 Å². The highest BCUT2D eigenvalue weighted by Gasteiger charge is 2.16. The van der Waals surface area contributed by atoms with Gasteiger partial charge in [-0.3, -0.25) is 0 Å². The second-order valence-corrected chi connectivity index (χ2v) is 4.30. The Morgan fingerprint density at radius 3 is 2.64 bits per heavy atom. The van der Waals surface area contributed by atoms with E-state index in [4.69, 9.17) is 21.6 Å². The molecule has 3 nitrogen and oxygen atoms in total. The molecule has 0 unspecified atom stereocenters. The number of phenols is 1. The monoisotopic (exact) mass is 228 g/mol. The quantitative estimate of drug-likeness (QED) is 0.637. The molecule has 6 heteroatoms. The minimum atomic E-state index is -1.49. The van der Waals surface area contributed by atoms with Crippen LogP contribution in [0.3, 0.4) is 0 Å². The van der Waals surface area contributed by atoms with Gasteiger partial charge in [0.1, 0.15) is 10.8 Å². The van der Waals surface area contributed by atoms with E-state index in [-0.39, 0.29) is 10.8 Å². The summed E-state index contributed by atoms with van der Waals surface area (Å²) in [5.41, 5.74) is 0. The zero-order valence-corrected chi connectivity index (χ0v) is 8.51. The van der Waals surface area contributed by atoms with Gasteiger partial charge in [-0.2, -0.15) is 0 Å². The van der Waals surface area contributed by atoms with Gasteiger partial charge in [0.2, 0.25) is 0 Å². The molecule has 1 heterocycles. The van der Waals surface area contributed by atoms with E-state index in [1.165, 1.54) is 6.07 Å². The van der Waals surface area contributed by atoms with E-state index in [0.717, 1.165) is 16.7 Å². The maximum absolute atomic E-state index is 9.31. The number of benzene rings is 1. The molecule has 0 radical (unpaired) electrons. The van der Waals surface area contributed by atoms with Crippen molar-refractivity contribution in [1.29, 1.82) is 0 Å². The molecule has 2 rings (SSSR count). The smallest absolute Gasteiger partial charge is 0.499 e. The van der Waals surface area contributed by atoms with Crippen molar-refractivity contribution in [3.63, 3.8) is 0 Å². The molecule has 0 aliphatic heterocycles. The number of aromatic hydroxyl groups is 1. The summed E-state index contributed by atoms with van der Waals surface area (Å²) in [7, 11) is -1.49. The number of fused-ring (bicyclic) bond motifs is 1. The van der Waals surface area contributed by atoms with Crippen molar-refractivity contribution in [2.24, 2.45) is 0 Å². The van der Waals surface area contributed by atoms with Crippen LogP contribution in [-0.4, -0.2) is 22.3 Å². The lowest BCUT2D eigenvalue weighted by Gasteiger charge is -1.95. The lowest BCUT2D eigenvalue weighted by atomic mass is 9.89. The number of phenolic OH excluding ortho intramolecular Hbond substituents is 1. The standard InChI is InChI=1S/C8H6BClO3S/c10-7-5(11)2-1-4-3-6(9(12)13)14-8(4)7/h1-3,11-13H. The fraction of sp³-hybridized carbons (Fsp3) is 0. The van der Waals surface area contributed by atoms with Crippen LogP contribution in [0.2, 0.25) is 5.02 Å². The fourth-order valence-corrected chi connectivity index (χ4v) is 2.46. The van der Waals surface area contributed by atoms with Gasteiger partial charge in [0, 0.05) is 4.78 Å². The summed E-state index contributed by atoms with van der Waals surface area (Å²) in [6, 6.07) is 4.79. The highest BCUT2D eigenvalue weighted by molar-refractivity contribution is 7.28. The average Bonchev–Trinajstić information content (AvgIpc) is 2.56.